The Bertz CT molecular complexity index is 342. The van der Waals surface area contributed by atoms with E-state index in [9.17, 15) is 13.2 Å². The lowest BCUT2D eigenvalue weighted by atomic mass is 10.1. The van der Waals surface area contributed by atoms with Gasteiger partial charge in [-0.1, -0.05) is 13.0 Å². The second-order valence-electron chi connectivity index (χ2n) is 3.60. The van der Waals surface area contributed by atoms with Crippen LogP contribution in [0, 0.1) is 0 Å². The zero-order valence-electron chi connectivity index (χ0n) is 9.02. The van der Waals surface area contributed by atoms with Crippen molar-refractivity contribution in [2.24, 2.45) is 0 Å². The van der Waals surface area contributed by atoms with E-state index in [1.165, 1.54) is 11.0 Å². The fraction of sp³-hybridized carbons (Fsp3) is 0.455. The van der Waals surface area contributed by atoms with Gasteiger partial charge in [-0.2, -0.15) is 13.2 Å². The van der Waals surface area contributed by atoms with E-state index in [2.05, 4.69) is 0 Å². The molecule has 0 bridgehead atoms. The minimum absolute atomic E-state index is 0.224. The quantitative estimate of drug-likeness (QED) is 0.734. The van der Waals surface area contributed by atoms with Gasteiger partial charge in [-0.3, -0.25) is 0 Å². The standard InChI is InChI=1S/C11H14F3N/c1-4-8-5-6-9(11(12,13)14)10(7-8)15(2)3/h5-7H,4H2,1-3H3. The number of hydrogen-bond donors (Lipinski definition) is 0. The fourth-order valence-corrected chi connectivity index (χ4v) is 1.41. The van der Waals surface area contributed by atoms with Gasteiger partial charge in [0.1, 0.15) is 0 Å². The minimum Gasteiger partial charge on any atom is -0.377 e. The fourth-order valence-electron chi connectivity index (χ4n) is 1.41. The molecule has 0 aromatic heterocycles. The van der Waals surface area contributed by atoms with Crippen LogP contribution in [0.5, 0.6) is 0 Å². The van der Waals surface area contributed by atoms with E-state index in [1.54, 1.807) is 20.2 Å². The first-order valence-electron chi connectivity index (χ1n) is 4.73. The molecule has 1 nitrogen and oxygen atoms in total. The molecule has 0 spiro atoms. The van der Waals surface area contributed by atoms with Crippen LogP contribution in [-0.4, -0.2) is 14.1 Å². The van der Waals surface area contributed by atoms with Crippen LogP contribution in [-0.2, 0) is 12.6 Å². The number of rotatable bonds is 2. The maximum atomic E-state index is 12.6. The molecule has 0 heterocycles. The van der Waals surface area contributed by atoms with Crippen molar-refractivity contribution < 1.29 is 13.2 Å². The Balaban J connectivity index is 3.28. The van der Waals surface area contributed by atoms with Gasteiger partial charge in [-0.25, -0.2) is 0 Å². The smallest absolute Gasteiger partial charge is 0.377 e. The second-order valence-corrected chi connectivity index (χ2v) is 3.60. The van der Waals surface area contributed by atoms with Crippen LogP contribution < -0.4 is 4.90 Å². The molecule has 0 radical (unpaired) electrons. The molecule has 0 aliphatic heterocycles. The van der Waals surface area contributed by atoms with Gasteiger partial charge in [-0.15, -0.1) is 0 Å². The van der Waals surface area contributed by atoms with Crippen molar-refractivity contribution >= 4 is 5.69 Å². The monoisotopic (exact) mass is 217 g/mol. The van der Waals surface area contributed by atoms with E-state index in [1.807, 2.05) is 6.92 Å². The molecule has 84 valence electrons. The third-order valence-electron chi connectivity index (χ3n) is 2.26. The van der Waals surface area contributed by atoms with Crippen molar-refractivity contribution in [1.82, 2.24) is 0 Å². The highest BCUT2D eigenvalue weighted by Crippen LogP contribution is 2.36. The summed E-state index contributed by atoms with van der Waals surface area (Å²) in [4.78, 5) is 1.49. The van der Waals surface area contributed by atoms with Crippen molar-refractivity contribution in [3.05, 3.63) is 29.3 Å². The number of alkyl halides is 3. The second kappa shape index (κ2) is 4.13. The highest BCUT2D eigenvalue weighted by Gasteiger charge is 2.33. The number of anilines is 1. The molecule has 0 atom stereocenters. The molecule has 0 N–H and O–H groups in total. The molecule has 0 aliphatic rings. The topological polar surface area (TPSA) is 3.24 Å². The molecule has 4 heteroatoms. The van der Waals surface area contributed by atoms with Crippen LogP contribution >= 0.6 is 0 Å². The molecule has 1 rings (SSSR count). The Morgan fingerprint density at radius 2 is 1.80 bits per heavy atom. The summed E-state index contributed by atoms with van der Waals surface area (Å²) >= 11 is 0. The maximum absolute atomic E-state index is 12.6. The summed E-state index contributed by atoms with van der Waals surface area (Å²) in [5.41, 5.74) is 0.554. The number of nitrogens with zero attached hydrogens (tertiary/aromatic N) is 1. The Labute approximate surface area is 87.5 Å². The van der Waals surface area contributed by atoms with Gasteiger partial charge in [0.2, 0.25) is 0 Å². The minimum atomic E-state index is -4.29. The van der Waals surface area contributed by atoms with Crippen molar-refractivity contribution in [2.45, 2.75) is 19.5 Å². The van der Waals surface area contributed by atoms with Gasteiger partial charge in [-0.05, 0) is 24.1 Å². The van der Waals surface area contributed by atoms with Gasteiger partial charge in [0.05, 0.1) is 5.56 Å². The number of benzene rings is 1. The summed E-state index contributed by atoms with van der Waals surface area (Å²) in [7, 11) is 3.23. The van der Waals surface area contributed by atoms with E-state index < -0.39 is 11.7 Å². The van der Waals surface area contributed by atoms with Gasteiger partial charge < -0.3 is 4.90 Å². The first-order chi connectivity index (χ1) is 6.86. The van der Waals surface area contributed by atoms with Crippen LogP contribution in [0.4, 0.5) is 18.9 Å². The molecule has 15 heavy (non-hydrogen) atoms. The van der Waals surface area contributed by atoms with Gasteiger partial charge in [0.25, 0.3) is 0 Å². The lowest BCUT2D eigenvalue weighted by molar-refractivity contribution is -0.137. The maximum Gasteiger partial charge on any atom is 0.418 e. The summed E-state index contributed by atoms with van der Waals surface area (Å²) in [5.74, 6) is 0. The first-order valence-corrected chi connectivity index (χ1v) is 4.73. The highest BCUT2D eigenvalue weighted by atomic mass is 19.4. The van der Waals surface area contributed by atoms with E-state index in [0.717, 1.165) is 18.1 Å². The Hall–Kier alpha value is -1.19. The largest absolute Gasteiger partial charge is 0.418 e. The highest BCUT2D eigenvalue weighted by molar-refractivity contribution is 5.55. The Morgan fingerprint density at radius 3 is 2.20 bits per heavy atom. The average Bonchev–Trinajstić information content (AvgIpc) is 2.15. The zero-order valence-corrected chi connectivity index (χ0v) is 9.02. The molecule has 1 aromatic rings. The molecule has 0 saturated heterocycles. The average molecular weight is 217 g/mol. The molecule has 0 fully saturated rings. The third kappa shape index (κ3) is 2.64. The lowest BCUT2D eigenvalue weighted by Crippen LogP contribution is -2.16. The number of halogens is 3. The van der Waals surface area contributed by atoms with Crippen molar-refractivity contribution in [2.75, 3.05) is 19.0 Å². The molecular weight excluding hydrogens is 203 g/mol. The molecular formula is C11H14F3N. The normalized spacial score (nSPS) is 11.6. The van der Waals surface area contributed by atoms with Gasteiger partial charge >= 0.3 is 6.18 Å². The van der Waals surface area contributed by atoms with Crippen molar-refractivity contribution in [1.29, 1.82) is 0 Å². The van der Waals surface area contributed by atoms with Gasteiger partial charge in [0.15, 0.2) is 0 Å². The number of aryl methyl sites for hydroxylation is 1. The predicted molar refractivity (Wildman–Crippen MR) is 55.1 cm³/mol. The van der Waals surface area contributed by atoms with Crippen molar-refractivity contribution in [3.63, 3.8) is 0 Å². The van der Waals surface area contributed by atoms with Crippen LogP contribution in [0.15, 0.2) is 18.2 Å². The van der Waals surface area contributed by atoms with Crippen LogP contribution in [0.3, 0.4) is 0 Å². The zero-order chi connectivity index (χ0) is 11.6. The SMILES string of the molecule is CCc1ccc(C(F)(F)F)c(N(C)C)c1. The Kier molecular flexibility index (Phi) is 3.27. The summed E-state index contributed by atoms with van der Waals surface area (Å²) < 4.78 is 37.9. The first kappa shape index (κ1) is 11.9. The van der Waals surface area contributed by atoms with Gasteiger partial charge in [0, 0.05) is 19.8 Å². The number of hydrogen-bond acceptors (Lipinski definition) is 1. The third-order valence-corrected chi connectivity index (χ3v) is 2.26. The molecule has 0 amide bonds. The summed E-state index contributed by atoms with van der Waals surface area (Å²) in [6.07, 6.45) is -3.55. The van der Waals surface area contributed by atoms with Crippen molar-refractivity contribution in [3.8, 4) is 0 Å². The van der Waals surface area contributed by atoms with E-state index >= 15 is 0 Å². The Morgan fingerprint density at radius 1 is 1.20 bits per heavy atom. The predicted octanol–water partition coefficient (Wildman–Crippen LogP) is 3.33. The summed E-state index contributed by atoms with van der Waals surface area (Å²) in [6, 6.07) is 4.26. The van der Waals surface area contributed by atoms with Crippen LogP contribution in [0.25, 0.3) is 0 Å². The van der Waals surface area contributed by atoms with E-state index in [-0.39, 0.29) is 5.69 Å². The summed E-state index contributed by atoms with van der Waals surface area (Å²) in [5, 5.41) is 0. The molecule has 0 saturated carbocycles. The van der Waals surface area contributed by atoms with E-state index in [4.69, 9.17) is 0 Å². The molecule has 1 aromatic carbocycles. The van der Waals surface area contributed by atoms with Crippen LogP contribution in [0.2, 0.25) is 0 Å². The molecule has 0 aliphatic carbocycles. The van der Waals surface area contributed by atoms with Crippen LogP contribution in [0.1, 0.15) is 18.1 Å². The van der Waals surface area contributed by atoms with E-state index in [0.29, 0.717) is 0 Å². The summed E-state index contributed by atoms with van der Waals surface area (Å²) in [6.45, 7) is 1.92. The molecule has 0 unspecified atom stereocenters. The lowest BCUT2D eigenvalue weighted by Gasteiger charge is -2.20.